The van der Waals surface area contributed by atoms with Crippen molar-refractivity contribution in [2.24, 2.45) is 0 Å². The summed E-state index contributed by atoms with van der Waals surface area (Å²) in [6, 6.07) is 1.69. The molecule has 0 bridgehead atoms. The van der Waals surface area contributed by atoms with Crippen LogP contribution in [-0.4, -0.2) is 5.16 Å². The zero-order chi connectivity index (χ0) is 4.41. The molecule has 0 aliphatic rings. The maximum atomic E-state index is 4.40. The van der Waals surface area contributed by atoms with E-state index in [9.17, 15) is 0 Å². The van der Waals surface area contributed by atoms with Gasteiger partial charge in [-0.2, -0.15) is 0 Å². The molecular weight excluding hydrogens is 85.0 g/mol. The van der Waals surface area contributed by atoms with E-state index in [-0.39, 0.29) is 18.9 Å². The van der Waals surface area contributed by atoms with Crippen LogP contribution in [0.3, 0.4) is 0 Å². The second-order valence-corrected chi connectivity index (χ2v) is 0.991. The van der Waals surface area contributed by atoms with Gasteiger partial charge in [0.05, 0.1) is 0 Å². The molecule has 32 valence electrons. The standard InChI is InChI=1S/C4H4NO.Li/c1-4-2-3-6-5-4;/h2-3H,1H2;/q-1;+1. The summed E-state index contributed by atoms with van der Waals surface area (Å²) in [4.78, 5) is 0. The number of aromatic nitrogens is 1. The van der Waals surface area contributed by atoms with Gasteiger partial charge in [-0.25, -0.2) is 6.92 Å². The quantitative estimate of drug-likeness (QED) is 0.268. The molecule has 0 saturated carbocycles. The molecular formula is C4H4LiNO. The van der Waals surface area contributed by atoms with Crippen LogP contribution in [0, 0.1) is 6.92 Å². The number of rotatable bonds is 0. The first kappa shape index (κ1) is 6.68. The minimum Gasteiger partial charge on any atom is -0.386 e. The second kappa shape index (κ2) is 2.79. The summed E-state index contributed by atoms with van der Waals surface area (Å²) >= 11 is 0. The summed E-state index contributed by atoms with van der Waals surface area (Å²) in [6.45, 7) is 3.48. The average molecular weight is 89.0 g/mol. The van der Waals surface area contributed by atoms with Gasteiger partial charge in [-0.05, 0) is 0 Å². The summed E-state index contributed by atoms with van der Waals surface area (Å²) in [5, 5.41) is 3.43. The van der Waals surface area contributed by atoms with Crippen LogP contribution in [-0.2, 0) is 0 Å². The number of hydrogen-bond donors (Lipinski definition) is 0. The van der Waals surface area contributed by atoms with Crippen LogP contribution in [0.25, 0.3) is 0 Å². The molecule has 2 nitrogen and oxygen atoms in total. The third-order valence-corrected chi connectivity index (χ3v) is 0.491. The smallest absolute Gasteiger partial charge is 0.386 e. The Morgan fingerprint density at radius 1 is 1.71 bits per heavy atom. The van der Waals surface area contributed by atoms with Crippen molar-refractivity contribution in [1.29, 1.82) is 0 Å². The van der Waals surface area contributed by atoms with E-state index in [1.165, 1.54) is 6.26 Å². The van der Waals surface area contributed by atoms with E-state index < -0.39 is 0 Å². The molecule has 1 aromatic rings. The van der Waals surface area contributed by atoms with Crippen LogP contribution >= 0.6 is 0 Å². The molecule has 0 atom stereocenters. The maximum absolute atomic E-state index is 4.40. The minimum atomic E-state index is 0. The van der Waals surface area contributed by atoms with Gasteiger partial charge >= 0.3 is 18.9 Å². The molecule has 0 aromatic carbocycles. The molecule has 3 heteroatoms. The van der Waals surface area contributed by atoms with E-state index in [4.69, 9.17) is 0 Å². The third kappa shape index (κ3) is 1.72. The summed E-state index contributed by atoms with van der Waals surface area (Å²) in [5.41, 5.74) is 0.676. The molecule has 0 spiro atoms. The van der Waals surface area contributed by atoms with Crippen LogP contribution in [0.2, 0.25) is 0 Å². The van der Waals surface area contributed by atoms with Crippen LogP contribution < -0.4 is 18.9 Å². The van der Waals surface area contributed by atoms with Gasteiger partial charge in [-0.15, -0.1) is 11.2 Å². The van der Waals surface area contributed by atoms with E-state index >= 15 is 0 Å². The Hall–Kier alpha value is -0.323. The largest absolute Gasteiger partial charge is 1.00 e. The third-order valence-electron chi connectivity index (χ3n) is 0.491. The van der Waals surface area contributed by atoms with Crippen LogP contribution in [0.5, 0.6) is 0 Å². The fourth-order valence-electron chi connectivity index (χ4n) is 0.238. The minimum absolute atomic E-state index is 0. The predicted molar refractivity (Wildman–Crippen MR) is 21.0 cm³/mol. The summed E-state index contributed by atoms with van der Waals surface area (Å²) in [6.07, 6.45) is 1.49. The van der Waals surface area contributed by atoms with Gasteiger partial charge in [0.25, 0.3) is 0 Å². The monoisotopic (exact) mass is 89.0 g/mol. The normalized spacial score (nSPS) is 7.43. The van der Waals surface area contributed by atoms with E-state index in [0.29, 0.717) is 5.69 Å². The van der Waals surface area contributed by atoms with Crippen molar-refractivity contribution in [1.82, 2.24) is 5.16 Å². The van der Waals surface area contributed by atoms with Crippen molar-refractivity contribution in [3.63, 3.8) is 0 Å². The Bertz CT molecular complexity index is 115. The Balaban J connectivity index is 0.000000360. The molecule has 0 amide bonds. The molecule has 0 fully saturated rings. The summed E-state index contributed by atoms with van der Waals surface area (Å²) < 4.78 is 4.40. The Morgan fingerprint density at radius 2 is 2.43 bits per heavy atom. The molecule has 0 saturated heterocycles. The number of hydrogen-bond acceptors (Lipinski definition) is 2. The molecule has 0 aliphatic carbocycles. The molecule has 1 rings (SSSR count). The summed E-state index contributed by atoms with van der Waals surface area (Å²) in [5.74, 6) is 0. The van der Waals surface area contributed by atoms with Crippen molar-refractivity contribution < 1.29 is 23.4 Å². The average Bonchev–Trinajstić information content (AvgIpc) is 1.86. The van der Waals surface area contributed by atoms with Gasteiger partial charge in [-0.1, -0.05) is 5.69 Å². The summed E-state index contributed by atoms with van der Waals surface area (Å²) in [7, 11) is 0. The Kier molecular flexibility index (Phi) is 2.66. The van der Waals surface area contributed by atoms with Crippen LogP contribution in [0.15, 0.2) is 16.9 Å². The molecule has 0 N–H and O–H groups in total. The SMILES string of the molecule is [CH2-]c1ccon1.[Li+]. The fourth-order valence-corrected chi connectivity index (χ4v) is 0.238. The van der Waals surface area contributed by atoms with Crippen molar-refractivity contribution >= 4 is 0 Å². The van der Waals surface area contributed by atoms with Crippen molar-refractivity contribution in [2.45, 2.75) is 0 Å². The van der Waals surface area contributed by atoms with Gasteiger partial charge in [-0.3, -0.25) is 0 Å². The van der Waals surface area contributed by atoms with Gasteiger partial charge in [0.1, 0.15) is 0 Å². The topological polar surface area (TPSA) is 26.0 Å². The van der Waals surface area contributed by atoms with Gasteiger partial charge < -0.3 is 4.52 Å². The predicted octanol–water partition coefficient (Wildman–Crippen LogP) is -2.14. The zero-order valence-electron chi connectivity index (χ0n) is 4.22. The fraction of sp³-hybridized carbons (Fsp3) is 0. The van der Waals surface area contributed by atoms with Crippen LogP contribution in [0.1, 0.15) is 5.69 Å². The Labute approximate surface area is 54.1 Å². The molecule has 1 aromatic heterocycles. The molecule has 7 heavy (non-hydrogen) atoms. The molecule has 0 unspecified atom stereocenters. The van der Waals surface area contributed by atoms with Gasteiger partial charge in [0.15, 0.2) is 0 Å². The van der Waals surface area contributed by atoms with Gasteiger partial charge in [0, 0.05) is 6.26 Å². The zero-order valence-corrected chi connectivity index (χ0v) is 4.22. The van der Waals surface area contributed by atoms with Crippen LogP contribution in [0.4, 0.5) is 0 Å². The first-order chi connectivity index (χ1) is 2.89. The number of nitrogens with zero attached hydrogens (tertiary/aromatic N) is 1. The van der Waals surface area contributed by atoms with Crippen molar-refractivity contribution in [3.05, 3.63) is 24.9 Å². The van der Waals surface area contributed by atoms with E-state index in [2.05, 4.69) is 16.6 Å². The molecule has 0 radical (unpaired) electrons. The Morgan fingerprint density at radius 3 is 2.57 bits per heavy atom. The first-order valence-electron chi connectivity index (χ1n) is 1.62. The molecule has 0 aliphatic heterocycles. The maximum Gasteiger partial charge on any atom is 1.00 e. The van der Waals surface area contributed by atoms with E-state index in [0.717, 1.165) is 0 Å². The van der Waals surface area contributed by atoms with Gasteiger partial charge in [0.2, 0.25) is 0 Å². The first-order valence-corrected chi connectivity index (χ1v) is 1.62. The van der Waals surface area contributed by atoms with E-state index in [1.807, 2.05) is 0 Å². The van der Waals surface area contributed by atoms with E-state index in [1.54, 1.807) is 6.07 Å². The van der Waals surface area contributed by atoms with Crippen molar-refractivity contribution in [3.8, 4) is 0 Å². The van der Waals surface area contributed by atoms with Crippen molar-refractivity contribution in [2.75, 3.05) is 0 Å². The second-order valence-electron chi connectivity index (χ2n) is 0.991. The molecule has 1 heterocycles.